The van der Waals surface area contributed by atoms with Gasteiger partial charge in [-0.1, -0.05) is 12.1 Å². The molecular weight excluding hydrogens is 471 g/mol. The Kier molecular flexibility index (Phi) is 7.37. The van der Waals surface area contributed by atoms with Gasteiger partial charge in [-0.15, -0.1) is 6.58 Å². The van der Waals surface area contributed by atoms with E-state index >= 15 is 0 Å². The quantitative estimate of drug-likeness (QED) is 0.252. The number of rotatable bonds is 9. The molecule has 2 aromatic heterocycles. The van der Waals surface area contributed by atoms with Gasteiger partial charge in [0.05, 0.1) is 31.3 Å². The van der Waals surface area contributed by atoms with Gasteiger partial charge in [-0.3, -0.25) is 14.6 Å². The number of aromatic nitrogens is 3. The Morgan fingerprint density at radius 3 is 2.68 bits per heavy atom. The summed E-state index contributed by atoms with van der Waals surface area (Å²) in [5.74, 6) is 0.950. The molecule has 1 atom stereocenters. The first-order valence-corrected chi connectivity index (χ1v) is 12.6. The number of pyridine rings is 1. The maximum Gasteiger partial charge on any atom is 0.207 e. The van der Waals surface area contributed by atoms with E-state index in [0.29, 0.717) is 12.4 Å². The summed E-state index contributed by atoms with van der Waals surface area (Å²) in [5, 5.41) is 6.03. The Morgan fingerprint density at radius 1 is 1.11 bits per heavy atom. The van der Waals surface area contributed by atoms with Gasteiger partial charge in [0.2, 0.25) is 5.82 Å². The molecule has 2 aromatic carbocycles. The highest BCUT2D eigenvalue weighted by atomic mass is 19.1. The Balaban J connectivity index is 1.50. The molecule has 0 amide bonds. The number of likely N-dealkylation sites (tertiary alicyclic amines) is 1. The molecule has 37 heavy (non-hydrogen) atoms. The van der Waals surface area contributed by atoms with Crippen molar-refractivity contribution in [3.63, 3.8) is 0 Å². The molecule has 0 unspecified atom stereocenters. The third kappa shape index (κ3) is 5.02. The lowest BCUT2D eigenvalue weighted by Crippen LogP contribution is -2.37. The fraction of sp³-hybridized carbons (Fsp3) is 0.310. The van der Waals surface area contributed by atoms with E-state index in [2.05, 4.69) is 21.1 Å². The number of methoxy groups -OCH3 is 1. The predicted molar refractivity (Wildman–Crippen MR) is 142 cm³/mol. The van der Waals surface area contributed by atoms with Crippen LogP contribution in [0.1, 0.15) is 25.8 Å². The average Bonchev–Trinajstić information content (AvgIpc) is 3.32. The maximum absolute atomic E-state index is 14.5. The highest BCUT2D eigenvalue weighted by molar-refractivity contribution is 5.96. The predicted octanol–water partition coefficient (Wildman–Crippen LogP) is 6.26. The molecule has 0 radical (unpaired) electrons. The van der Waals surface area contributed by atoms with Crippen molar-refractivity contribution >= 4 is 10.9 Å². The number of ether oxygens (including phenoxy) is 3. The first-order valence-electron chi connectivity index (χ1n) is 12.6. The molecule has 0 bridgehead atoms. The number of hydrogen-bond acceptors (Lipinski definition) is 6. The van der Waals surface area contributed by atoms with Crippen molar-refractivity contribution < 1.29 is 18.6 Å². The molecule has 0 saturated carbocycles. The normalized spacial score (nSPS) is 16.0. The molecule has 1 fully saturated rings. The van der Waals surface area contributed by atoms with Crippen molar-refractivity contribution in [2.24, 2.45) is 0 Å². The summed E-state index contributed by atoms with van der Waals surface area (Å²) in [6.45, 7) is 9.23. The van der Waals surface area contributed by atoms with Gasteiger partial charge in [0.15, 0.2) is 17.2 Å². The summed E-state index contributed by atoms with van der Waals surface area (Å²) in [7, 11) is 1.43. The number of halogens is 1. The van der Waals surface area contributed by atoms with Crippen LogP contribution in [0.4, 0.5) is 4.39 Å². The monoisotopic (exact) mass is 502 g/mol. The van der Waals surface area contributed by atoms with Gasteiger partial charge in [-0.2, -0.15) is 9.49 Å². The highest BCUT2D eigenvalue weighted by Gasteiger charge is 2.26. The van der Waals surface area contributed by atoms with Crippen molar-refractivity contribution in [1.29, 1.82) is 0 Å². The van der Waals surface area contributed by atoms with Crippen LogP contribution in [0.15, 0.2) is 67.5 Å². The van der Waals surface area contributed by atoms with Crippen molar-refractivity contribution in [2.45, 2.75) is 25.8 Å². The molecule has 8 heteroatoms. The van der Waals surface area contributed by atoms with E-state index in [4.69, 9.17) is 19.3 Å². The largest absolute Gasteiger partial charge is 0.494 e. The zero-order valence-corrected chi connectivity index (χ0v) is 21.2. The molecule has 5 rings (SSSR count). The molecular formula is C29H31FN4O3. The Bertz CT molecular complexity index is 1390. The van der Waals surface area contributed by atoms with Crippen LogP contribution in [0.3, 0.4) is 0 Å². The summed E-state index contributed by atoms with van der Waals surface area (Å²) in [6, 6.07) is 12.5. The zero-order chi connectivity index (χ0) is 25.8. The van der Waals surface area contributed by atoms with Gasteiger partial charge < -0.3 is 14.2 Å². The third-order valence-electron chi connectivity index (χ3n) is 6.59. The van der Waals surface area contributed by atoms with Gasteiger partial charge in [0.25, 0.3) is 0 Å². The van der Waals surface area contributed by atoms with Gasteiger partial charge in [-0.25, -0.2) is 0 Å². The fourth-order valence-corrected chi connectivity index (χ4v) is 4.91. The van der Waals surface area contributed by atoms with E-state index in [1.165, 1.54) is 7.11 Å². The van der Waals surface area contributed by atoms with Crippen LogP contribution in [0.2, 0.25) is 0 Å². The van der Waals surface area contributed by atoms with E-state index in [-0.39, 0.29) is 17.5 Å². The fourth-order valence-electron chi connectivity index (χ4n) is 4.91. The first-order chi connectivity index (χ1) is 18.1. The first kappa shape index (κ1) is 24.8. The second-order valence-corrected chi connectivity index (χ2v) is 9.00. The van der Waals surface area contributed by atoms with E-state index in [0.717, 1.165) is 60.4 Å². The van der Waals surface area contributed by atoms with Crippen LogP contribution < -0.4 is 14.2 Å². The highest BCUT2D eigenvalue weighted by Crippen LogP contribution is 2.37. The lowest BCUT2D eigenvalue weighted by atomic mass is 10.1. The van der Waals surface area contributed by atoms with Gasteiger partial charge in [-0.05, 0) is 62.7 Å². The van der Waals surface area contributed by atoms with Crippen molar-refractivity contribution in [3.8, 4) is 34.3 Å². The topological polar surface area (TPSA) is 61.6 Å². The summed E-state index contributed by atoms with van der Waals surface area (Å²) in [4.78, 5) is 6.84. The van der Waals surface area contributed by atoms with E-state index in [1.54, 1.807) is 24.4 Å². The van der Waals surface area contributed by atoms with E-state index in [1.807, 2.05) is 43.5 Å². The maximum atomic E-state index is 14.5. The van der Waals surface area contributed by atoms with Gasteiger partial charge in [0.1, 0.15) is 17.0 Å². The lowest BCUT2D eigenvalue weighted by molar-refractivity contribution is 0.187. The van der Waals surface area contributed by atoms with Gasteiger partial charge >= 0.3 is 0 Å². The number of piperidine rings is 1. The Labute approximate surface area is 216 Å². The molecule has 1 aliphatic heterocycles. The molecule has 0 aliphatic carbocycles. The minimum atomic E-state index is -0.536. The van der Waals surface area contributed by atoms with Crippen LogP contribution in [0, 0.1) is 5.82 Å². The lowest BCUT2D eigenvalue weighted by Gasteiger charge is -2.32. The summed E-state index contributed by atoms with van der Waals surface area (Å²) in [5.41, 5.74) is 2.69. The van der Waals surface area contributed by atoms with Crippen LogP contribution >= 0.6 is 0 Å². The van der Waals surface area contributed by atoms with E-state index in [9.17, 15) is 4.39 Å². The van der Waals surface area contributed by atoms with Crippen LogP contribution in [0.5, 0.6) is 23.0 Å². The third-order valence-corrected chi connectivity index (χ3v) is 6.59. The number of nitrogens with zero attached hydrogens (tertiary/aromatic N) is 4. The Hall–Kier alpha value is -3.91. The summed E-state index contributed by atoms with van der Waals surface area (Å²) < 4.78 is 33.5. The molecule has 0 N–H and O–H groups in total. The molecule has 192 valence electrons. The smallest absolute Gasteiger partial charge is 0.207 e. The van der Waals surface area contributed by atoms with Crippen LogP contribution in [-0.4, -0.2) is 53.0 Å². The van der Waals surface area contributed by atoms with Gasteiger partial charge in [0, 0.05) is 24.8 Å². The van der Waals surface area contributed by atoms with E-state index < -0.39 is 5.82 Å². The average molecular weight is 503 g/mol. The standard InChI is InChI=1S/C29H31FN4O3/c1-4-15-33-16-7-8-21(19-33)34-29-23(17-31-18-26(29)36-5-2)28(32-34)20-11-13-22(14-12-20)37-25-10-6-9-24(35-3)27(25)30/h4,6,9-14,17-18,21H,1,5,7-8,15-16,19H2,2-3H3/t21-/m1/s1. The number of hydrogen-bond donors (Lipinski definition) is 0. The molecule has 0 spiro atoms. The second kappa shape index (κ2) is 11.0. The minimum absolute atomic E-state index is 0.105. The Morgan fingerprint density at radius 2 is 1.92 bits per heavy atom. The SMILES string of the molecule is C=CCN1CCC[C@@H](n2nc(-c3ccc(Oc4cccc(OC)c4F)cc3)c3cncc(OCC)c32)C1. The summed E-state index contributed by atoms with van der Waals surface area (Å²) in [6.07, 6.45) is 7.69. The molecule has 1 aliphatic rings. The number of benzene rings is 2. The van der Waals surface area contributed by atoms with Crippen LogP contribution in [0.25, 0.3) is 22.2 Å². The number of fused-ring (bicyclic) bond motifs is 1. The molecule has 3 heterocycles. The van der Waals surface area contributed by atoms with Crippen molar-refractivity contribution in [1.82, 2.24) is 19.7 Å². The zero-order valence-electron chi connectivity index (χ0n) is 21.2. The summed E-state index contributed by atoms with van der Waals surface area (Å²) >= 11 is 0. The van der Waals surface area contributed by atoms with Crippen molar-refractivity contribution in [3.05, 3.63) is 73.3 Å². The van der Waals surface area contributed by atoms with Crippen LogP contribution in [-0.2, 0) is 0 Å². The molecule has 4 aromatic rings. The second-order valence-electron chi connectivity index (χ2n) is 9.00. The molecule has 7 nitrogen and oxygen atoms in total. The molecule has 1 saturated heterocycles. The minimum Gasteiger partial charge on any atom is -0.494 e. The van der Waals surface area contributed by atoms with Crippen molar-refractivity contribution in [2.75, 3.05) is 33.4 Å².